The van der Waals surface area contributed by atoms with Crippen LogP contribution in [-0.2, 0) is 31.0 Å². The van der Waals surface area contributed by atoms with Crippen molar-refractivity contribution in [2.45, 2.75) is 26.2 Å². The van der Waals surface area contributed by atoms with Crippen LogP contribution in [0.25, 0.3) is 0 Å². The fourth-order valence-corrected chi connectivity index (χ4v) is 3.48. The molecule has 7 nitrogen and oxygen atoms in total. The largest absolute Gasteiger partial charge is 0.492 e. The number of para-hydroxylation sites is 1. The molecule has 0 saturated heterocycles. The highest BCUT2D eigenvalue weighted by Crippen LogP contribution is 2.24. The minimum atomic E-state index is 0.0508. The Kier molecular flexibility index (Phi) is 4.42. The maximum atomic E-state index is 12.7. The van der Waals surface area contributed by atoms with Gasteiger partial charge in [-0.3, -0.25) is 14.4 Å². The first-order chi connectivity index (χ1) is 12.2. The molecule has 1 N–H and O–H groups in total. The number of aliphatic hydroxyl groups is 1. The summed E-state index contributed by atoms with van der Waals surface area (Å²) in [6.07, 6.45) is 1.80. The van der Waals surface area contributed by atoms with E-state index in [1.165, 1.54) is 0 Å². The molecule has 2 aromatic rings. The van der Waals surface area contributed by atoms with Gasteiger partial charge in [0, 0.05) is 30.8 Å². The van der Waals surface area contributed by atoms with Crippen LogP contribution in [0.1, 0.15) is 16.8 Å². The van der Waals surface area contributed by atoms with Crippen molar-refractivity contribution < 1.29 is 14.6 Å². The number of ether oxygens (including phenoxy) is 1. The van der Waals surface area contributed by atoms with Crippen molar-refractivity contribution in [3.8, 4) is 5.75 Å². The number of aromatic nitrogens is 2. The average Bonchev–Trinajstić information content (AvgIpc) is 3.12. The summed E-state index contributed by atoms with van der Waals surface area (Å²) in [5.74, 6) is 1.03. The summed E-state index contributed by atoms with van der Waals surface area (Å²) in [5.41, 5.74) is 3.23. The summed E-state index contributed by atoms with van der Waals surface area (Å²) in [6.45, 7) is 4.12. The predicted molar refractivity (Wildman–Crippen MR) is 90.8 cm³/mol. The van der Waals surface area contributed by atoms with E-state index < -0.39 is 0 Å². The van der Waals surface area contributed by atoms with Crippen molar-refractivity contribution in [2.24, 2.45) is 0 Å². The van der Waals surface area contributed by atoms with Gasteiger partial charge in [0.2, 0.25) is 5.91 Å². The summed E-state index contributed by atoms with van der Waals surface area (Å²) < 4.78 is 7.56. The van der Waals surface area contributed by atoms with E-state index in [2.05, 4.69) is 10.00 Å². The maximum absolute atomic E-state index is 12.7. The van der Waals surface area contributed by atoms with Gasteiger partial charge in [-0.05, 0) is 6.07 Å². The van der Waals surface area contributed by atoms with E-state index in [4.69, 9.17) is 9.84 Å². The zero-order valence-corrected chi connectivity index (χ0v) is 14.1. The first kappa shape index (κ1) is 16.1. The lowest BCUT2D eigenvalue weighted by Gasteiger charge is -2.23. The molecule has 25 heavy (non-hydrogen) atoms. The topological polar surface area (TPSA) is 70.8 Å². The third-order valence-electron chi connectivity index (χ3n) is 4.79. The lowest BCUT2D eigenvalue weighted by Crippen LogP contribution is -2.38. The highest BCUT2D eigenvalue weighted by molar-refractivity contribution is 5.79. The third kappa shape index (κ3) is 3.25. The van der Waals surface area contributed by atoms with Gasteiger partial charge in [0.25, 0.3) is 0 Å². The molecule has 2 aliphatic rings. The number of carbonyl (C=O) groups is 1. The van der Waals surface area contributed by atoms with Gasteiger partial charge in [0.05, 0.1) is 38.1 Å². The molecule has 132 valence electrons. The van der Waals surface area contributed by atoms with Crippen molar-refractivity contribution in [3.05, 3.63) is 47.3 Å². The van der Waals surface area contributed by atoms with E-state index in [0.717, 1.165) is 35.7 Å². The second-order valence-electron chi connectivity index (χ2n) is 6.48. The molecule has 0 fully saturated rings. The van der Waals surface area contributed by atoms with Crippen LogP contribution >= 0.6 is 0 Å². The van der Waals surface area contributed by atoms with Gasteiger partial charge in [-0.2, -0.15) is 5.10 Å². The van der Waals surface area contributed by atoms with Gasteiger partial charge >= 0.3 is 0 Å². The Balaban J connectivity index is 1.40. The van der Waals surface area contributed by atoms with Crippen LogP contribution in [0.15, 0.2) is 30.5 Å². The van der Waals surface area contributed by atoms with E-state index >= 15 is 0 Å². The summed E-state index contributed by atoms with van der Waals surface area (Å²) in [6, 6.07) is 7.99. The molecule has 0 atom stereocenters. The smallest absolute Gasteiger partial charge is 0.237 e. The minimum absolute atomic E-state index is 0.0508. The number of aliphatic hydroxyl groups excluding tert-OH is 1. The fourth-order valence-electron chi connectivity index (χ4n) is 3.48. The summed E-state index contributed by atoms with van der Waals surface area (Å²) in [7, 11) is 0. The number of rotatable bonds is 4. The molecule has 0 aliphatic carbocycles. The second-order valence-corrected chi connectivity index (χ2v) is 6.48. The van der Waals surface area contributed by atoms with Crippen LogP contribution in [0.2, 0.25) is 0 Å². The van der Waals surface area contributed by atoms with Gasteiger partial charge in [-0.25, -0.2) is 0 Å². The van der Waals surface area contributed by atoms with E-state index in [0.29, 0.717) is 32.8 Å². The number of hydrogen-bond acceptors (Lipinski definition) is 5. The molecular formula is C18H22N4O3. The van der Waals surface area contributed by atoms with E-state index in [9.17, 15) is 4.79 Å². The van der Waals surface area contributed by atoms with Gasteiger partial charge in [-0.1, -0.05) is 18.2 Å². The molecule has 0 spiro atoms. The number of benzene rings is 1. The van der Waals surface area contributed by atoms with E-state index in [1.54, 1.807) is 10.9 Å². The van der Waals surface area contributed by atoms with Crippen LogP contribution in [0.5, 0.6) is 5.75 Å². The van der Waals surface area contributed by atoms with Crippen LogP contribution in [0.4, 0.5) is 0 Å². The van der Waals surface area contributed by atoms with Crippen LogP contribution in [-0.4, -0.2) is 56.9 Å². The molecule has 0 unspecified atom stereocenters. The monoisotopic (exact) mass is 342 g/mol. The van der Waals surface area contributed by atoms with Crippen molar-refractivity contribution >= 4 is 5.91 Å². The molecule has 0 radical (unpaired) electrons. The molecule has 1 aromatic carbocycles. The van der Waals surface area contributed by atoms with Crippen LogP contribution in [0.3, 0.4) is 0 Å². The van der Waals surface area contributed by atoms with Gasteiger partial charge in [0.15, 0.2) is 0 Å². The normalized spacial score (nSPS) is 16.9. The Morgan fingerprint density at radius 2 is 2.08 bits per heavy atom. The van der Waals surface area contributed by atoms with Crippen molar-refractivity contribution in [1.82, 2.24) is 19.6 Å². The van der Waals surface area contributed by atoms with Gasteiger partial charge < -0.3 is 14.7 Å². The first-order valence-corrected chi connectivity index (χ1v) is 8.60. The molecule has 4 rings (SSSR count). The molecule has 1 amide bonds. The molecule has 0 bridgehead atoms. The quantitative estimate of drug-likeness (QED) is 0.882. The molecular weight excluding hydrogens is 320 g/mol. The van der Waals surface area contributed by atoms with Crippen LogP contribution < -0.4 is 4.74 Å². The maximum Gasteiger partial charge on any atom is 0.237 e. The molecule has 0 saturated carbocycles. The second kappa shape index (κ2) is 6.85. The summed E-state index contributed by atoms with van der Waals surface area (Å²) in [5, 5.41) is 13.4. The highest BCUT2D eigenvalue weighted by Gasteiger charge is 2.28. The Hall–Kier alpha value is -2.38. The number of fused-ring (bicyclic) bond motifs is 2. The number of carbonyl (C=O) groups excluding carboxylic acids is 1. The third-order valence-corrected chi connectivity index (χ3v) is 4.79. The Morgan fingerprint density at radius 3 is 2.96 bits per heavy atom. The molecule has 3 heterocycles. The lowest BCUT2D eigenvalue weighted by molar-refractivity contribution is -0.133. The van der Waals surface area contributed by atoms with Crippen molar-refractivity contribution in [2.75, 3.05) is 26.3 Å². The first-order valence-electron chi connectivity index (χ1n) is 8.60. The Labute approximate surface area is 146 Å². The van der Waals surface area contributed by atoms with Crippen molar-refractivity contribution in [1.29, 1.82) is 0 Å². The number of nitrogens with zero attached hydrogens (tertiary/aromatic N) is 4. The molecule has 7 heteroatoms. The van der Waals surface area contributed by atoms with Gasteiger partial charge in [-0.15, -0.1) is 0 Å². The minimum Gasteiger partial charge on any atom is -0.492 e. The Morgan fingerprint density at radius 1 is 1.20 bits per heavy atom. The van der Waals surface area contributed by atoms with Gasteiger partial charge in [0.1, 0.15) is 12.4 Å². The SMILES string of the molecule is O=C(CN1CCOc2ccccc2C1)N1Cc2cnn(CCO)c2C1. The Bertz CT molecular complexity index is 773. The van der Waals surface area contributed by atoms with E-state index in [-0.39, 0.29) is 12.5 Å². The zero-order chi connectivity index (χ0) is 17.2. The summed E-state index contributed by atoms with van der Waals surface area (Å²) in [4.78, 5) is 16.7. The zero-order valence-electron chi connectivity index (χ0n) is 14.1. The highest BCUT2D eigenvalue weighted by atomic mass is 16.5. The average molecular weight is 342 g/mol. The van der Waals surface area contributed by atoms with Crippen molar-refractivity contribution in [3.63, 3.8) is 0 Å². The molecule has 2 aliphatic heterocycles. The lowest BCUT2D eigenvalue weighted by atomic mass is 10.2. The standard InChI is InChI=1S/C18H22N4O3/c23-7-5-22-16-12-21(11-15(16)9-19-22)18(24)13-20-6-8-25-17-4-2-1-3-14(17)10-20/h1-4,9,23H,5-8,10-13H2. The predicted octanol–water partition coefficient (Wildman–Crippen LogP) is 0.612. The number of hydrogen-bond donors (Lipinski definition) is 1. The molecule has 1 aromatic heterocycles. The summed E-state index contributed by atoms with van der Waals surface area (Å²) >= 11 is 0. The van der Waals surface area contributed by atoms with Crippen LogP contribution in [0, 0.1) is 0 Å². The van der Waals surface area contributed by atoms with E-state index in [1.807, 2.05) is 29.2 Å². The number of amides is 1. The fraction of sp³-hybridized carbons (Fsp3) is 0.444.